The number of hydrogen-bond acceptors (Lipinski definition) is 6. The van der Waals surface area contributed by atoms with Gasteiger partial charge < -0.3 is 19.1 Å². The monoisotopic (exact) mass is 322 g/mol. The number of hydrogen-bond donors (Lipinski definition) is 0. The Hall–Kier alpha value is -2.31. The van der Waals surface area contributed by atoms with Crippen LogP contribution >= 0.6 is 0 Å². The van der Waals surface area contributed by atoms with Gasteiger partial charge in [0.2, 0.25) is 0 Å². The van der Waals surface area contributed by atoms with E-state index in [0.717, 1.165) is 0 Å². The van der Waals surface area contributed by atoms with Crippen LogP contribution in [0, 0.1) is 0 Å². The van der Waals surface area contributed by atoms with Gasteiger partial charge >= 0.3 is 12.1 Å². The van der Waals surface area contributed by atoms with Gasteiger partial charge in [-0.15, -0.1) is 0 Å². The molecule has 0 unspecified atom stereocenters. The third-order valence-electron chi connectivity index (χ3n) is 3.23. The molecule has 1 aliphatic rings. The molecule has 0 radical (unpaired) electrons. The van der Waals surface area contributed by atoms with Crippen LogP contribution in [0.5, 0.6) is 5.75 Å². The number of rotatable bonds is 3. The zero-order chi connectivity index (χ0) is 17.0. The summed E-state index contributed by atoms with van der Waals surface area (Å²) in [6.07, 6.45) is 1.71. The maximum atomic E-state index is 12.0. The number of likely N-dealkylation sites (tertiary alicyclic amines) is 1. The van der Waals surface area contributed by atoms with E-state index in [4.69, 9.17) is 9.47 Å². The summed E-state index contributed by atoms with van der Waals surface area (Å²) >= 11 is 0. The minimum Gasteiger partial charge on any atom is -0.488 e. The minimum atomic E-state index is -0.517. The predicted molar refractivity (Wildman–Crippen MR) is 82.4 cm³/mol. The Morgan fingerprint density at radius 1 is 1.35 bits per heavy atom. The molecule has 0 spiro atoms. The van der Waals surface area contributed by atoms with Gasteiger partial charge in [0.1, 0.15) is 17.5 Å². The summed E-state index contributed by atoms with van der Waals surface area (Å²) in [7, 11) is 1.30. The van der Waals surface area contributed by atoms with E-state index in [1.54, 1.807) is 11.0 Å². The highest BCUT2D eigenvalue weighted by Gasteiger charge is 2.31. The van der Waals surface area contributed by atoms with Gasteiger partial charge in [0, 0.05) is 25.2 Å². The highest BCUT2D eigenvalue weighted by atomic mass is 16.6. The van der Waals surface area contributed by atoms with Crippen molar-refractivity contribution in [3.63, 3.8) is 0 Å². The Morgan fingerprint density at radius 3 is 2.74 bits per heavy atom. The van der Waals surface area contributed by atoms with Crippen molar-refractivity contribution < 1.29 is 23.8 Å². The largest absolute Gasteiger partial charge is 0.488 e. The second kappa shape index (κ2) is 6.85. The van der Waals surface area contributed by atoms with Gasteiger partial charge in [0.05, 0.1) is 13.7 Å². The molecule has 0 aliphatic carbocycles. The molecule has 1 aromatic heterocycles. The lowest BCUT2D eigenvalue weighted by atomic mass is 10.2. The third kappa shape index (κ3) is 4.84. The maximum absolute atomic E-state index is 12.0. The highest BCUT2D eigenvalue weighted by Crippen LogP contribution is 2.20. The fourth-order valence-electron chi connectivity index (χ4n) is 2.21. The Kier molecular flexibility index (Phi) is 5.08. The molecule has 0 saturated carbocycles. The van der Waals surface area contributed by atoms with E-state index >= 15 is 0 Å². The molecule has 0 bridgehead atoms. The number of carbonyl (C=O) groups excluding carboxylic acids is 2. The van der Waals surface area contributed by atoms with E-state index in [0.29, 0.717) is 25.3 Å². The lowest BCUT2D eigenvalue weighted by Gasteiger charge is -2.24. The molecule has 0 aromatic carbocycles. The Balaban J connectivity index is 1.93. The first-order valence-electron chi connectivity index (χ1n) is 7.47. The number of ether oxygens (including phenoxy) is 3. The molecule has 1 atom stereocenters. The topological polar surface area (TPSA) is 78.0 Å². The summed E-state index contributed by atoms with van der Waals surface area (Å²) in [5, 5.41) is 0. The average molecular weight is 322 g/mol. The SMILES string of the molecule is COC(=O)c1cc(O[C@H]2CCN(C(=O)OC(C)(C)C)C2)ccn1. The standard InChI is InChI=1S/C16H22N2O5/c1-16(2,3)23-15(20)18-8-6-12(10-18)22-11-5-7-17-13(9-11)14(19)21-4/h5,7,9,12H,6,8,10H2,1-4H3/t12-/m0/s1. The molecule has 2 rings (SSSR count). The van der Waals surface area contributed by atoms with Crippen LogP contribution in [0.1, 0.15) is 37.7 Å². The Labute approximate surface area is 135 Å². The van der Waals surface area contributed by atoms with Crippen LogP contribution in [0.3, 0.4) is 0 Å². The van der Waals surface area contributed by atoms with Gasteiger partial charge in [0.15, 0.2) is 5.69 Å². The number of aromatic nitrogens is 1. The normalized spacial score (nSPS) is 17.7. The summed E-state index contributed by atoms with van der Waals surface area (Å²) in [4.78, 5) is 29.0. The van der Waals surface area contributed by atoms with Gasteiger partial charge in [0.25, 0.3) is 0 Å². The zero-order valence-corrected chi connectivity index (χ0v) is 13.9. The number of amides is 1. The number of nitrogens with zero attached hydrogens (tertiary/aromatic N) is 2. The first-order chi connectivity index (χ1) is 10.8. The number of carbonyl (C=O) groups is 2. The molecule has 1 aromatic rings. The van der Waals surface area contributed by atoms with E-state index in [1.165, 1.54) is 19.4 Å². The molecule has 7 nitrogen and oxygen atoms in total. The first-order valence-corrected chi connectivity index (χ1v) is 7.47. The number of methoxy groups -OCH3 is 1. The number of pyridine rings is 1. The van der Waals surface area contributed by atoms with Crippen LogP contribution in [0.15, 0.2) is 18.3 Å². The smallest absolute Gasteiger partial charge is 0.410 e. The molecular weight excluding hydrogens is 300 g/mol. The van der Waals surface area contributed by atoms with Gasteiger partial charge in [-0.1, -0.05) is 0 Å². The van der Waals surface area contributed by atoms with E-state index in [9.17, 15) is 9.59 Å². The van der Waals surface area contributed by atoms with Crippen LogP contribution in [0.2, 0.25) is 0 Å². The molecule has 2 heterocycles. The van der Waals surface area contributed by atoms with Crippen LogP contribution < -0.4 is 4.74 Å². The van der Waals surface area contributed by atoms with Crippen LogP contribution in [-0.2, 0) is 9.47 Å². The summed E-state index contributed by atoms with van der Waals surface area (Å²) in [6, 6.07) is 3.20. The maximum Gasteiger partial charge on any atom is 0.410 e. The Morgan fingerprint density at radius 2 is 2.09 bits per heavy atom. The van der Waals surface area contributed by atoms with Gasteiger partial charge in [-0.25, -0.2) is 14.6 Å². The van der Waals surface area contributed by atoms with Gasteiger partial charge in [-0.2, -0.15) is 0 Å². The van der Waals surface area contributed by atoms with Crippen molar-refractivity contribution in [3.8, 4) is 5.75 Å². The second-order valence-corrected chi connectivity index (χ2v) is 6.32. The van der Waals surface area contributed by atoms with Crippen molar-refractivity contribution in [3.05, 3.63) is 24.0 Å². The van der Waals surface area contributed by atoms with Crippen molar-refractivity contribution in [1.29, 1.82) is 0 Å². The van der Waals surface area contributed by atoms with Crippen molar-refractivity contribution >= 4 is 12.1 Å². The lowest BCUT2D eigenvalue weighted by molar-refractivity contribution is 0.0275. The minimum absolute atomic E-state index is 0.143. The van der Waals surface area contributed by atoms with E-state index in [-0.39, 0.29) is 17.9 Å². The molecular formula is C16H22N2O5. The summed E-state index contributed by atoms with van der Waals surface area (Å²) in [5.41, 5.74) is -0.330. The van der Waals surface area contributed by atoms with E-state index in [2.05, 4.69) is 9.72 Å². The van der Waals surface area contributed by atoms with E-state index < -0.39 is 11.6 Å². The van der Waals surface area contributed by atoms with Crippen molar-refractivity contribution in [2.24, 2.45) is 0 Å². The van der Waals surface area contributed by atoms with Crippen molar-refractivity contribution in [2.75, 3.05) is 20.2 Å². The molecule has 1 amide bonds. The van der Waals surface area contributed by atoms with Crippen molar-refractivity contribution in [2.45, 2.75) is 38.9 Å². The lowest BCUT2D eigenvalue weighted by Crippen LogP contribution is -2.36. The van der Waals surface area contributed by atoms with Gasteiger partial charge in [-0.3, -0.25) is 0 Å². The second-order valence-electron chi connectivity index (χ2n) is 6.32. The van der Waals surface area contributed by atoms with Crippen molar-refractivity contribution in [1.82, 2.24) is 9.88 Å². The quantitative estimate of drug-likeness (QED) is 0.794. The molecule has 1 fully saturated rings. The summed E-state index contributed by atoms with van der Waals surface area (Å²) in [6.45, 7) is 6.53. The van der Waals surface area contributed by atoms with Gasteiger partial charge in [-0.05, 0) is 26.8 Å². The molecule has 7 heteroatoms. The predicted octanol–water partition coefficient (Wildman–Crippen LogP) is 2.26. The highest BCUT2D eigenvalue weighted by molar-refractivity contribution is 5.87. The Bertz CT molecular complexity index is 582. The summed E-state index contributed by atoms with van der Waals surface area (Å²) in [5.74, 6) is 0.00805. The van der Waals surface area contributed by atoms with E-state index in [1.807, 2.05) is 20.8 Å². The molecule has 126 valence electrons. The van der Waals surface area contributed by atoms with Crippen LogP contribution in [-0.4, -0.2) is 53.9 Å². The summed E-state index contributed by atoms with van der Waals surface area (Å²) < 4.78 is 15.8. The molecule has 1 aliphatic heterocycles. The average Bonchev–Trinajstić information content (AvgIpc) is 2.93. The molecule has 23 heavy (non-hydrogen) atoms. The zero-order valence-electron chi connectivity index (χ0n) is 13.9. The molecule has 0 N–H and O–H groups in total. The van der Waals surface area contributed by atoms with Crippen LogP contribution in [0.4, 0.5) is 4.79 Å². The van der Waals surface area contributed by atoms with Crippen LogP contribution in [0.25, 0.3) is 0 Å². The third-order valence-corrected chi connectivity index (χ3v) is 3.23. The number of esters is 1. The fourth-order valence-corrected chi connectivity index (χ4v) is 2.21. The molecule has 1 saturated heterocycles. The fraction of sp³-hybridized carbons (Fsp3) is 0.562. The first kappa shape index (κ1) is 17.1.